The standard InChI is InChI=1S/C11H10F2N2S.Ga/c1-2-7-8(12)6-9(13)10(11(7)16)15-5-3-4-14-15;/h3-6,16H,2H2,1H3;/q;+1/p-1. The minimum atomic E-state index is -0.580. The van der Waals surface area contributed by atoms with Crippen molar-refractivity contribution in [2.45, 2.75) is 18.2 Å². The van der Waals surface area contributed by atoms with E-state index in [1.165, 1.54) is 31.7 Å². The molecule has 0 aliphatic carbocycles. The number of benzene rings is 1. The van der Waals surface area contributed by atoms with E-state index in [1.807, 2.05) is 6.92 Å². The summed E-state index contributed by atoms with van der Waals surface area (Å²) in [4.78, 5) is 0.633. The summed E-state index contributed by atoms with van der Waals surface area (Å²) in [6.45, 7) is 1.86. The Hall–Kier alpha value is -0.724. The molecule has 0 fully saturated rings. The van der Waals surface area contributed by atoms with Gasteiger partial charge in [0.2, 0.25) is 0 Å². The molecule has 1 aromatic heterocycles. The van der Waals surface area contributed by atoms with Crippen molar-refractivity contribution in [2.24, 2.45) is 0 Å². The molecule has 2 aromatic rings. The van der Waals surface area contributed by atoms with Gasteiger partial charge in [-0.3, -0.25) is 0 Å². The van der Waals surface area contributed by atoms with E-state index in [-0.39, 0.29) is 0 Å². The first-order valence-electron chi connectivity index (χ1n) is 5.06. The third-order valence-electron chi connectivity index (χ3n) is 2.46. The first kappa shape index (κ1) is 12.7. The molecule has 0 spiro atoms. The second kappa shape index (κ2) is 5.28. The first-order chi connectivity index (χ1) is 8.19. The zero-order valence-corrected chi connectivity index (χ0v) is 12.4. The Morgan fingerprint density at radius 1 is 1.41 bits per heavy atom. The molecule has 0 bridgehead atoms. The fraction of sp³-hybridized carbons (Fsp3) is 0.182. The monoisotopic (exact) mass is 308 g/mol. The van der Waals surface area contributed by atoms with Crippen molar-refractivity contribution in [3.8, 4) is 5.69 Å². The molecule has 17 heavy (non-hydrogen) atoms. The summed E-state index contributed by atoms with van der Waals surface area (Å²) in [5.74, 6) is -1.07. The van der Waals surface area contributed by atoms with Crippen LogP contribution in [-0.4, -0.2) is 27.2 Å². The van der Waals surface area contributed by atoms with Crippen molar-refractivity contribution in [1.82, 2.24) is 9.78 Å². The number of rotatable bonds is 3. The summed E-state index contributed by atoms with van der Waals surface area (Å²) >= 11 is 1.34. The molecule has 0 unspecified atom stereocenters. The van der Waals surface area contributed by atoms with Crippen LogP contribution >= 0.6 is 9.70 Å². The zero-order chi connectivity index (χ0) is 12.4. The maximum absolute atomic E-state index is 13.9. The van der Waals surface area contributed by atoms with E-state index in [0.717, 1.165) is 6.07 Å². The van der Waals surface area contributed by atoms with Gasteiger partial charge >= 0.3 is 111 Å². The van der Waals surface area contributed by atoms with Crippen LogP contribution in [0.5, 0.6) is 0 Å². The van der Waals surface area contributed by atoms with Crippen LogP contribution in [-0.2, 0) is 6.42 Å². The van der Waals surface area contributed by atoms with Gasteiger partial charge < -0.3 is 0 Å². The molecule has 6 heteroatoms. The Morgan fingerprint density at radius 2 is 2.18 bits per heavy atom. The number of halogens is 2. The predicted molar refractivity (Wildman–Crippen MR) is 64.5 cm³/mol. The van der Waals surface area contributed by atoms with Crippen molar-refractivity contribution in [2.75, 3.05) is 0 Å². The molecule has 0 atom stereocenters. The third-order valence-corrected chi connectivity index (χ3v) is 4.62. The molecule has 0 amide bonds. The van der Waals surface area contributed by atoms with Crippen molar-refractivity contribution >= 4 is 27.1 Å². The molecule has 0 aliphatic heterocycles. The number of aromatic nitrogens is 2. The number of nitrogens with zero attached hydrogens (tertiary/aromatic N) is 2. The molecule has 2 radical (unpaired) electrons. The van der Waals surface area contributed by atoms with Gasteiger partial charge in [-0.2, -0.15) is 0 Å². The summed E-state index contributed by atoms with van der Waals surface area (Å²) in [6, 6.07) is 2.65. The van der Waals surface area contributed by atoms with Crippen LogP contribution < -0.4 is 0 Å². The van der Waals surface area contributed by atoms with Crippen molar-refractivity contribution in [1.29, 1.82) is 0 Å². The molecule has 1 aromatic carbocycles. The maximum atomic E-state index is 13.9. The molecule has 1 heterocycles. The van der Waals surface area contributed by atoms with Crippen LogP contribution in [0.2, 0.25) is 0 Å². The fourth-order valence-electron chi connectivity index (χ4n) is 1.70. The first-order valence-corrected chi connectivity index (χ1v) is 8.91. The van der Waals surface area contributed by atoms with Crippen LogP contribution in [0.1, 0.15) is 12.5 Å². The van der Waals surface area contributed by atoms with Gasteiger partial charge in [0.1, 0.15) is 0 Å². The second-order valence-electron chi connectivity index (χ2n) is 3.42. The summed E-state index contributed by atoms with van der Waals surface area (Å²) in [5, 5.41) is 4.01. The van der Waals surface area contributed by atoms with Gasteiger partial charge in [-0.1, -0.05) is 0 Å². The summed E-state index contributed by atoms with van der Waals surface area (Å²) in [5.41, 5.74) is 0.883. The van der Waals surface area contributed by atoms with E-state index in [9.17, 15) is 8.78 Å². The number of hydrogen-bond acceptors (Lipinski definition) is 2. The van der Waals surface area contributed by atoms with Gasteiger partial charge in [0.05, 0.1) is 0 Å². The van der Waals surface area contributed by atoms with Gasteiger partial charge in [-0.05, 0) is 0 Å². The van der Waals surface area contributed by atoms with Crippen molar-refractivity contribution < 1.29 is 8.78 Å². The second-order valence-corrected chi connectivity index (χ2v) is 5.55. The van der Waals surface area contributed by atoms with E-state index in [2.05, 4.69) is 5.10 Å². The normalized spacial score (nSPS) is 10.8. The van der Waals surface area contributed by atoms with Crippen LogP contribution in [0, 0.1) is 11.6 Å². The molecular weight excluding hydrogens is 300 g/mol. The zero-order valence-electron chi connectivity index (χ0n) is 9.15. The molecule has 0 saturated heterocycles. The Balaban J connectivity index is 2.73. The summed E-state index contributed by atoms with van der Waals surface area (Å²) in [6.07, 6.45) is 3.76. The van der Waals surface area contributed by atoms with Crippen LogP contribution in [0.25, 0.3) is 5.69 Å². The van der Waals surface area contributed by atoms with Gasteiger partial charge in [0, 0.05) is 0 Å². The quantitative estimate of drug-likeness (QED) is 0.812. The summed E-state index contributed by atoms with van der Waals surface area (Å²) < 4.78 is 29.0. The van der Waals surface area contributed by atoms with E-state index >= 15 is 0 Å². The van der Waals surface area contributed by atoms with E-state index in [4.69, 9.17) is 0 Å². The van der Waals surface area contributed by atoms with Gasteiger partial charge in [0.25, 0.3) is 0 Å². The average molecular weight is 309 g/mol. The predicted octanol–water partition coefficient (Wildman–Crippen LogP) is 2.89. The van der Waals surface area contributed by atoms with Crippen LogP contribution in [0.15, 0.2) is 29.4 Å². The van der Waals surface area contributed by atoms with Crippen LogP contribution in [0.3, 0.4) is 0 Å². The molecular formula is C11H9F2GaN2S. The molecule has 86 valence electrons. The molecule has 2 rings (SSSR count). The Labute approximate surface area is 111 Å². The van der Waals surface area contributed by atoms with Gasteiger partial charge in [0.15, 0.2) is 0 Å². The van der Waals surface area contributed by atoms with Gasteiger partial charge in [-0.15, -0.1) is 0 Å². The van der Waals surface area contributed by atoms with Crippen molar-refractivity contribution in [3.05, 3.63) is 41.7 Å². The molecule has 2 nitrogen and oxygen atoms in total. The van der Waals surface area contributed by atoms with E-state index < -0.39 is 11.6 Å². The van der Waals surface area contributed by atoms with Crippen molar-refractivity contribution in [3.63, 3.8) is 0 Å². The Bertz CT molecular complexity index is 529. The molecule has 0 aliphatic rings. The van der Waals surface area contributed by atoms with E-state index in [1.54, 1.807) is 18.5 Å². The van der Waals surface area contributed by atoms with E-state index in [0.29, 0.717) is 22.6 Å². The Morgan fingerprint density at radius 3 is 2.71 bits per heavy atom. The average Bonchev–Trinajstić information content (AvgIpc) is 2.81. The topological polar surface area (TPSA) is 17.8 Å². The summed E-state index contributed by atoms with van der Waals surface area (Å²) in [7, 11) is 1.39. The Kier molecular flexibility index (Phi) is 3.95. The van der Waals surface area contributed by atoms with Crippen LogP contribution in [0.4, 0.5) is 8.78 Å². The third kappa shape index (κ3) is 2.29. The number of hydrogen-bond donors (Lipinski definition) is 0. The fourth-order valence-corrected chi connectivity index (χ4v) is 3.98. The molecule has 0 saturated carbocycles. The van der Waals surface area contributed by atoms with Gasteiger partial charge in [-0.25, -0.2) is 0 Å². The molecule has 0 N–H and O–H groups in total. The minimum absolute atomic E-state index is 0.336. The SMILES string of the molecule is CCc1c(F)cc(F)c(-n2cccn2)c1[S][Ga].